The lowest BCUT2D eigenvalue weighted by Crippen LogP contribution is -2.55. The highest BCUT2D eigenvalue weighted by molar-refractivity contribution is 6.96. The van der Waals surface area contributed by atoms with Crippen LogP contribution in [0.15, 0.2) is 48.5 Å². The highest BCUT2D eigenvalue weighted by Crippen LogP contribution is 2.13. The van der Waals surface area contributed by atoms with E-state index in [1.165, 1.54) is 44.3 Å². The molecule has 0 spiro atoms. The molecule has 28 heavy (non-hydrogen) atoms. The summed E-state index contributed by atoms with van der Waals surface area (Å²) in [5.41, 5.74) is 11.6. The van der Waals surface area contributed by atoms with Crippen molar-refractivity contribution in [3.8, 4) is 0 Å². The molecule has 0 aromatic heterocycles. The second-order valence-electron chi connectivity index (χ2n) is 7.98. The van der Waals surface area contributed by atoms with E-state index in [2.05, 4.69) is 65.8 Å². The quantitative estimate of drug-likeness (QED) is 0.711. The van der Waals surface area contributed by atoms with Crippen LogP contribution in [0.1, 0.15) is 43.7 Å². The molecule has 0 atom stereocenters. The predicted octanol–water partition coefficient (Wildman–Crippen LogP) is 3.75. The fourth-order valence-corrected chi connectivity index (χ4v) is 4.59. The van der Waals surface area contributed by atoms with Gasteiger partial charge in [-0.3, -0.25) is 0 Å². The van der Waals surface area contributed by atoms with Gasteiger partial charge in [-0.05, 0) is 53.7 Å². The molecule has 0 saturated heterocycles. The normalized spacial score (nSPS) is 10.8. The summed E-state index contributed by atoms with van der Waals surface area (Å²) in [6, 6.07) is 16.3. The minimum Gasteiger partial charge on any atom is -0.478 e. The van der Waals surface area contributed by atoms with Gasteiger partial charge in [0.25, 0.3) is 0 Å². The van der Waals surface area contributed by atoms with Crippen molar-refractivity contribution in [1.82, 2.24) is 0 Å². The van der Waals surface area contributed by atoms with Crippen LogP contribution in [-0.2, 0) is 0 Å². The van der Waals surface area contributed by atoms with Gasteiger partial charge in [0.2, 0.25) is 6.71 Å². The van der Waals surface area contributed by atoms with Crippen molar-refractivity contribution in [2.45, 2.75) is 41.5 Å². The maximum Gasteiger partial charge on any atom is 0.335 e. The van der Waals surface area contributed by atoms with Crippen LogP contribution in [0.3, 0.4) is 0 Å². The van der Waals surface area contributed by atoms with E-state index in [-0.39, 0.29) is 6.71 Å². The number of benzene rings is 3. The predicted molar refractivity (Wildman–Crippen MR) is 119 cm³/mol. The van der Waals surface area contributed by atoms with Gasteiger partial charge in [-0.25, -0.2) is 4.79 Å². The first-order valence-electron chi connectivity index (χ1n) is 9.67. The molecular weight excluding hydrogens is 343 g/mol. The van der Waals surface area contributed by atoms with E-state index in [0.29, 0.717) is 5.56 Å². The van der Waals surface area contributed by atoms with E-state index < -0.39 is 5.97 Å². The van der Waals surface area contributed by atoms with Crippen LogP contribution in [0.2, 0.25) is 0 Å². The molecule has 1 N–H and O–H groups in total. The Morgan fingerprint density at radius 2 is 1.04 bits per heavy atom. The van der Waals surface area contributed by atoms with Crippen LogP contribution in [0, 0.1) is 41.5 Å². The SMILES string of the molecule is Cc1cc(C)c(B(c2ccc(C(=O)O)cc2)c2c(C)cc(C)cc2C)c(C)c1. The Hall–Kier alpha value is -2.81. The maximum absolute atomic E-state index is 11.3. The molecule has 0 aliphatic heterocycles. The van der Waals surface area contributed by atoms with E-state index >= 15 is 0 Å². The number of hydrogen-bond donors (Lipinski definition) is 1. The molecule has 3 rings (SSSR count). The van der Waals surface area contributed by atoms with E-state index in [0.717, 1.165) is 5.46 Å². The summed E-state index contributed by atoms with van der Waals surface area (Å²) < 4.78 is 0. The molecule has 3 aromatic rings. The zero-order valence-electron chi connectivity index (χ0n) is 17.6. The Morgan fingerprint density at radius 3 is 1.36 bits per heavy atom. The number of carboxylic acids is 1. The molecule has 142 valence electrons. The highest BCUT2D eigenvalue weighted by atomic mass is 16.4. The third-order valence-corrected chi connectivity index (χ3v) is 5.54. The topological polar surface area (TPSA) is 37.3 Å². The highest BCUT2D eigenvalue weighted by Gasteiger charge is 2.28. The number of hydrogen-bond acceptors (Lipinski definition) is 1. The molecule has 2 nitrogen and oxygen atoms in total. The Bertz CT molecular complexity index is 945. The van der Waals surface area contributed by atoms with E-state index in [1.807, 2.05) is 12.1 Å². The second kappa shape index (κ2) is 7.67. The standard InChI is InChI=1S/C25H27BO2/c1-15-11-17(3)23(18(4)12-15)26(22-9-7-21(8-10-22)25(27)28)24-19(5)13-16(2)14-20(24)6/h7-14H,1-6H3,(H,27,28). The molecule has 0 heterocycles. The van der Waals surface area contributed by atoms with Crippen molar-refractivity contribution in [1.29, 1.82) is 0 Å². The van der Waals surface area contributed by atoms with Crippen LogP contribution in [0.25, 0.3) is 0 Å². The van der Waals surface area contributed by atoms with E-state index in [4.69, 9.17) is 0 Å². The van der Waals surface area contributed by atoms with Crippen molar-refractivity contribution >= 4 is 29.1 Å². The first-order valence-corrected chi connectivity index (χ1v) is 9.67. The largest absolute Gasteiger partial charge is 0.478 e. The Kier molecular flexibility index (Phi) is 5.46. The molecule has 0 saturated carbocycles. The van der Waals surface area contributed by atoms with Gasteiger partial charge >= 0.3 is 5.97 Å². The molecule has 0 unspecified atom stereocenters. The maximum atomic E-state index is 11.3. The van der Waals surface area contributed by atoms with Gasteiger partial charge in [-0.15, -0.1) is 0 Å². The summed E-state index contributed by atoms with van der Waals surface area (Å²) in [6.45, 7) is 13.0. The third-order valence-electron chi connectivity index (χ3n) is 5.54. The number of rotatable bonds is 4. The number of aryl methyl sites for hydroxylation is 6. The summed E-state index contributed by atoms with van der Waals surface area (Å²) in [7, 11) is 0. The number of aromatic carboxylic acids is 1. The van der Waals surface area contributed by atoms with Gasteiger partial charge in [0.1, 0.15) is 0 Å². The molecule has 3 heteroatoms. The second-order valence-corrected chi connectivity index (χ2v) is 7.98. The zero-order chi connectivity index (χ0) is 20.6. The molecule has 0 fully saturated rings. The summed E-state index contributed by atoms with van der Waals surface area (Å²) in [5, 5.41) is 9.29. The average Bonchev–Trinajstić information content (AvgIpc) is 2.58. The Labute approximate surface area is 168 Å². The van der Waals surface area contributed by atoms with E-state index in [9.17, 15) is 9.90 Å². The van der Waals surface area contributed by atoms with Gasteiger partial charge in [0.05, 0.1) is 5.56 Å². The molecule has 0 amide bonds. The lowest BCUT2D eigenvalue weighted by Gasteiger charge is -2.24. The van der Waals surface area contributed by atoms with Gasteiger partial charge in [0.15, 0.2) is 0 Å². The van der Waals surface area contributed by atoms with Crippen molar-refractivity contribution in [2.75, 3.05) is 0 Å². The lowest BCUT2D eigenvalue weighted by molar-refractivity contribution is 0.0697. The minimum absolute atomic E-state index is 0.0732. The van der Waals surface area contributed by atoms with Gasteiger partial charge in [-0.2, -0.15) is 0 Å². The van der Waals surface area contributed by atoms with Gasteiger partial charge in [-0.1, -0.05) is 86.2 Å². The summed E-state index contributed by atoms with van der Waals surface area (Å²) in [5.74, 6) is -0.895. The van der Waals surface area contributed by atoms with Crippen LogP contribution < -0.4 is 16.4 Å². The molecule has 0 radical (unpaired) electrons. The van der Waals surface area contributed by atoms with Crippen LogP contribution >= 0.6 is 0 Å². The summed E-state index contributed by atoms with van der Waals surface area (Å²) in [6.07, 6.45) is 0. The third kappa shape index (κ3) is 3.75. The Balaban J connectivity index is 2.31. The molecular formula is C25H27BO2. The molecule has 0 aliphatic rings. The van der Waals surface area contributed by atoms with Crippen molar-refractivity contribution in [3.63, 3.8) is 0 Å². The lowest BCUT2D eigenvalue weighted by atomic mass is 9.34. The molecule has 0 bridgehead atoms. The molecule has 3 aromatic carbocycles. The first kappa shape index (κ1) is 19.9. The van der Waals surface area contributed by atoms with Crippen LogP contribution in [0.4, 0.5) is 0 Å². The van der Waals surface area contributed by atoms with Gasteiger partial charge < -0.3 is 5.11 Å². The number of carbonyl (C=O) groups is 1. The van der Waals surface area contributed by atoms with E-state index in [1.54, 1.807) is 12.1 Å². The van der Waals surface area contributed by atoms with Crippen molar-refractivity contribution in [3.05, 3.63) is 87.5 Å². The summed E-state index contributed by atoms with van der Waals surface area (Å²) >= 11 is 0. The monoisotopic (exact) mass is 370 g/mol. The minimum atomic E-state index is -0.895. The zero-order valence-corrected chi connectivity index (χ0v) is 17.6. The number of carboxylic acid groups (broad SMARTS) is 1. The van der Waals surface area contributed by atoms with Gasteiger partial charge in [0, 0.05) is 0 Å². The summed E-state index contributed by atoms with van der Waals surface area (Å²) in [4.78, 5) is 11.3. The van der Waals surface area contributed by atoms with Crippen molar-refractivity contribution < 1.29 is 9.90 Å². The smallest absolute Gasteiger partial charge is 0.335 e. The van der Waals surface area contributed by atoms with Crippen LogP contribution in [0.5, 0.6) is 0 Å². The van der Waals surface area contributed by atoms with Crippen molar-refractivity contribution in [2.24, 2.45) is 0 Å². The van der Waals surface area contributed by atoms with Crippen LogP contribution in [-0.4, -0.2) is 17.8 Å². The first-order chi connectivity index (χ1) is 13.2. The average molecular weight is 370 g/mol. The fraction of sp³-hybridized carbons (Fsp3) is 0.240. The fourth-order valence-electron chi connectivity index (χ4n) is 4.59. The molecule has 0 aliphatic carbocycles. The Morgan fingerprint density at radius 1 is 0.679 bits per heavy atom.